The van der Waals surface area contributed by atoms with Crippen molar-refractivity contribution < 1.29 is 4.74 Å². The molecule has 26 heavy (non-hydrogen) atoms. The number of rotatable bonds is 4. The lowest BCUT2D eigenvalue weighted by molar-refractivity contribution is -0.125. The average molecular weight is 472 g/mol. The number of ether oxygens (including phenoxy) is 1. The van der Waals surface area contributed by atoms with Crippen molar-refractivity contribution >= 4 is 29.9 Å². The summed E-state index contributed by atoms with van der Waals surface area (Å²) in [6.07, 6.45) is 9.13. The number of aliphatic imine (C=N–C) groups is 1. The fourth-order valence-electron chi connectivity index (χ4n) is 5.45. The molecule has 1 spiro atoms. The Morgan fingerprint density at radius 2 is 2.19 bits per heavy atom. The molecule has 0 radical (unpaired) electrons. The highest BCUT2D eigenvalue weighted by molar-refractivity contribution is 14.0. The van der Waals surface area contributed by atoms with Gasteiger partial charge in [-0.05, 0) is 38.3 Å². The average Bonchev–Trinajstić information content (AvgIpc) is 3.32. The molecule has 3 fully saturated rings. The van der Waals surface area contributed by atoms with Gasteiger partial charge in [0.15, 0.2) is 5.96 Å². The quantitative estimate of drug-likeness (QED) is 0.415. The number of hydrogen-bond donors (Lipinski definition) is 1. The smallest absolute Gasteiger partial charge is 0.194 e. The minimum Gasteiger partial charge on any atom is -0.377 e. The van der Waals surface area contributed by atoms with Crippen LogP contribution >= 0.6 is 24.0 Å². The van der Waals surface area contributed by atoms with Gasteiger partial charge in [-0.15, -0.1) is 24.0 Å². The predicted molar refractivity (Wildman–Crippen MR) is 116 cm³/mol. The second-order valence-corrected chi connectivity index (χ2v) is 8.07. The molecule has 3 unspecified atom stereocenters. The Labute approximate surface area is 174 Å². The zero-order valence-electron chi connectivity index (χ0n) is 16.3. The molecule has 1 saturated heterocycles. The molecule has 1 aliphatic heterocycles. The zero-order valence-corrected chi connectivity index (χ0v) is 18.6. The van der Waals surface area contributed by atoms with E-state index in [9.17, 15) is 0 Å². The Morgan fingerprint density at radius 1 is 1.42 bits per heavy atom. The summed E-state index contributed by atoms with van der Waals surface area (Å²) in [5, 5.41) is 3.88. The summed E-state index contributed by atoms with van der Waals surface area (Å²) >= 11 is 0. The second-order valence-electron chi connectivity index (χ2n) is 8.07. The van der Waals surface area contributed by atoms with Crippen molar-refractivity contribution in [1.82, 2.24) is 14.8 Å². The SMILES string of the molecule is CCN=C(NC1C2CCOC2C12CCCC2)N(C)Cc1cccn1C.I. The van der Waals surface area contributed by atoms with E-state index < -0.39 is 0 Å². The van der Waals surface area contributed by atoms with Crippen LogP contribution in [0.5, 0.6) is 0 Å². The highest BCUT2D eigenvalue weighted by Crippen LogP contribution is 2.60. The zero-order chi connectivity index (χ0) is 17.4. The normalized spacial score (nSPS) is 29.2. The Kier molecular flexibility index (Phi) is 6.22. The summed E-state index contributed by atoms with van der Waals surface area (Å²) in [7, 11) is 4.25. The van der Waals surface area contributed by atoms with E-state index in [-0.39, 0.29) is 24.0 Å². The maximum absolute atomic E-state index is 6.13. The first-order valence-corrected chi connectivity index (χ1v) is 9.89. The van der Waals surface area contributed by atoms with E-state index in [0.717, 1.165) is 25.7 Å². The van der Waals surface area contributed by atoms with Crippen LogP contribution < -0.4 is 5.32 Å². The first-order chi connectivity index (χ1) is 12.2. The van der Waals surface area contributed by atoms with Crippen molar-refractivity contribution in [3.63, 3.8) is 0 Å². The van der Waals surface area contributed by atoms with Gasteiger partial charge in [0, 0.05) is 56.5 Å². The van der Waals surface area contributed by atoms with Crippen molar-refractivity contribution in [3.05, 3.63) is 24.0 Å². The van der Waals surface area contributed by atoms with E-state index in [1.165, 1.54) is 37.8 Å². The molecule has 146 valence electrons. The molecule has 3 aliphatic rings. The monoisotopic (exact) mass is 472 g/mol. The van der Waals surface area contributed by atoms with E-state index in [0.29, 0.717) is 23.5 Å². The van der Waals surface area contributed by atoms with E-state index in [4.69, 9.17) is 9.73 Å². The van der Waals surface area contributed by atoms with E-state index in [1.54, 1.807) is 0 Å². The summed E-state index contributed by atoms with van der Waals surface area (Å²) < 4.78 is 8.31. The van der Waals surface area contributed by atoms with Crippen LogP contribution in [0.4, 0.5) is 0 Å². The Morgan fingerprint density at radius 3 is 2.85 bits per heavy atom. The van der Waals surface area contributed by atoms with Gasteiger partial charge in [0.2, 0.25) is 0 Å². The fourth-order valence-corrected chi connectivity index (χ4v) is 5.45. The summed E-state index contributed by atoms with van der Waals surface area (Å²) in [4.78, 5) is 7.07. The Balaban J connectivity index is 0.00000196. The number of nitrogens with zero attached hydrogens (tertiary/aromatic N) is 3. The van der Waals surface area contributed by atoms with E-state index in [2.05, 4.69) is 54.1 Å². The minimum atomic E-state index is 0. The summed E-state index contributed by atoms with van der Waals surface area (Å²) in [6, 6.07) is 4.82. The van der Waals surface area contributed by atoms with Crippen LogP contribution in [0.2, 0.25) is 0 Å². The van der Waals surface area contributed by atoms with Gasteiger partial charge in [-0.2, -0.15) is 0 Å². The van der Waals surface area contributed by atoms with E-state index >= 15 is 0 Å². The maximum atomic E-state index is 6.13. The van der Waals surface area contributed by atoms with Crippen LogP contribution in [-0.2, 0) is 18.3 Å². The molecule has 1 aromatic rings. The minimum absolute atomic E-state index is 0. The maximum Gasteiger partial charge on any atom is 0.194 e. The van der Waals surface area contributed by atoms with Gasteiger partial charge >= 0.3 is 0 Å². The topological polar surface area (TPSA) is 41.8 Å². The molecule has 2 aliphatic carbocycles. The molecule has 0 aromatic carbocycles. The van der Waals surface area contributed by atoms with Gasteiger partial charge in [-0.25, -0.2) is 0 Å². The van der Waals surface area contributed by atoms with Crippen molar-refractivity contribution in [3.8, 4) is 0 Å². The third-order valence-corrected chi connectivity index (χ3v) is 6.69. The summed E-state index contributed by atoms with van der Waals surface area (Å²) in [6.45, 7) is 4.74. The number of aryl methyl sites for hydroxylation is 1. The van der Waals surface area contributed by atoms with Gasteiger partial charge in [0.25, 0.3) is 0 Å². The number of nitrogens with one attached hydrogen (secondary N) is 1. The number of halogens is 1. The molecule has 2 heterocycles. The van der Waals surface area contributed by atoms with Gasteiger partial charge in [-0.3, -0.25) is 4.99 Å². The Bertz CT molecular complexity index is 638. The lowest BCUT2D eigenvalue weighted by atomic mass is 9.54. The van der Waals surface area contributed by atoms with Crippen molar-refractivity contribution in [2.45, 2.75) is 57.7 Å². The third kappa shape index (κ3) is 3.28. The predicted octanol–water partition coefficient (Wildman–Crippen LogP) is 3.39. The first-order valence-electron chi connectivity index (χ1n) is 9.89. The lowest BCUT2D eigenvalue weighted by Gasteiger charge is -2.57. The molecule has 4 rings (SSSR count). The first kappa shape index (κ1) is 20.0. The highest BCUT2D eigenvalue weighted by atomic mass is 127. The molecular formula is C20H33IN4O. The number of hydrogen-bond acceptors (Lipinski definition) is 2. The number of fused-ring (bicyclic) bond motifs is 2. The molecule has 2 saturated carbocycles. The highest BCUT2D eigenvalue weighted by Gasteiger charge is 2.65. The van der Waals surface area contributed by atoms with Crippen LogP contribution in [-0.4, -0.2) is 47.8 Å². The summed E-state index contributed by atoms with van der Waals surface area (Å²) in [5.41, 5.74) is 1.67. The van der Waals surface area contributed by atoms with Crippen LogP contribution in [0.1, 0.15) is 44.7 Å². The molecule has 6 heteroatoms. The second kappa shape index (κ2) is 8.09. The van der Waals surface area contributed by atoms with Gasteiger partial charge in [0.1, 0.15) is 0 Å². The molecule has 5 nitrogen and oxygen atoms in total. The molecule has 0 bridgehead atoms. The number of aromatic nitrogens is 1. The van der Waals surface area contributed by atoms with E-state index in [1.807, 2.05) is 0 Å². The van der Waals surface area contributed by atoms with Crippen molar-refractivity contribution in [2.24, 2.45) is 23.4 Å². The van der Waals surface area contributed by atoms with Gasteiger partial charge in [0.05, 0.1) is 12.6 Å². The molecular weight excluding hydrogens is 439 g/mol. The largest absolute Gasteiger partial charge is 0.377 e. The van der Waals surface area contributed by atoms with Gasteiger partial charge in [-0.1, -0.05) is 12.8 Å². The third-order valence-electron chi connectivity index (χ3n) is 6.69. The summed E-state index contributed by atoms with van der Waals surface area (Å²) in [5.74, 6) is 1.72. The molecule has 1 aromatic heterocycles. The number of guanidine groups is 1. The van der Waals surface area contributed by atoms with Crippen LogP contribution in [0.3, 0.4) is 0 Å². The van der Waals surface area contributed by atoms with Crippen molar-refractivity contribution in [1.29, 1.82) is 0 Å². The lowest BCUT2D eigenvalue weighted by Crippen LogP contribution is -2.69. The van der Waals surface area contributed by atoms with Crippen LogP contribution in [0.25, 0.3) is 0 Å². The fraction of sp³-hybridized carbons (Fsp3) is 0.750. The van der Waals surface area contributed by atoms with Crippen molar-refractivity contribution in [2.75, 3.05) is 20.2 Å². The Hall–Kier alpha value is -0.760. The van der Waals surface area contributed by atoms with Gasteiger partial charge < -0.3 is 19.5 Å². The standard InChI is InChI=1S/C20H32N4O.HI/c1-4-21-19(24(3)14-15-8-7-12-23(15)2)22-17-16-9-13-25-18(16)20(17)10-5-6-11-20;/h7-8,12,16-18H,4-6,9-11,13-14H2,1-3H3,(H,21,22);1H. The van der Waals surface area contributed by atoms with Crippen LogP contribution in [0, 0.1) is 11.3 Å². The molecule has 0 amide bonds. The molecule has 1 N–H and O–H groups in total. The molecule has 3 atom stereocenters. The van der Waals surface area contributed by atoms with Crippen LogP contribution in [0.15, 0.2) is 23.3 Å².